The van der Waals surface area contributed by atoms with Gasteiger partial charge in [0.2, 0.25) is 0 Å². The Morgan fingerprint density at radius 3 is 2.87 bits per heavy atom. The molecule has 2 heterocycles. The summed E-state index contributed by atoms with van der Waals surface area (Å²) in [5.74, 6) is 0.0207. The minimum atomic E-state index is -0.366. The predicted molar refractivity (Wildman–Crippen MR) is 56.8 cm³/mol. The standard InChI is InChI=1S/C9H12FN3OS/c1-15-9-11-6-7(10)8(12-9)13-2-4-14-5-3-13/h6H,2-5H2,1H3. The fourth-order valence-electron chi connectivity index (χ4n) is 1.44. The van der Waals surface area contributed by atoms with E-state index in [4.69, 9.17) is 4.74 Å². The molecule has 1 aromatic rings. The Balaban J connectivity index is 2.24. The molecule has 82 valence electrons. The van der Waals surface area contributed by atoms with Crippen LogP contribution in [0.1, 0.15) is 0 Å². The maximum absolute atomic E-state index is 13.5. The van der Waals surface area contributed by atoms with Crippen molar-refractivity contribution < 1.29 is 9.13 Å². The molecular formula is C9H12FN3OS. The molecule has 0 saturated carbocycles. The van der Waals surface area contributed by atoms with Crippen molar-refractivity contribution in [3.8, 4) is 0 Å². The van der Waals surface area contributed by atoms with Crippen LogP contribution in [0.2, 0.25) is 0 Å². The molecule has 0 spiro atoms. The Bertz CT molecular complexity index is 344. The lowest BCUT2D eigenvalue weighted by atomic mass is 10.4. The van der Waals surface area contributed by atoms with Crippen molar-refractivity contribution in [1.82, 2.24) is 9.97 Å². The molecule has 1 aliphatic rings. The van der Waals surface area contributed by atoms with Crippen LogP contribution in [-0.4, -0.2) is 42.5 Å². The molecule has 1 saturated heterocycles. The summed E-state index contributed by atoms with van der Waals surface area (Å²) in [7, 11) is 0. The quantitative estimate of drug-likeness (QED) is 0.562. The molecule has 0 amide bonds. The topological polar surface area (TPSA) is 38.2 Å². The number of anilines is 1. The van der Waals surface area contributed by atoms with Gasteiger partial charge in [0.15, 0.2) is 16.8 Å². The zero-order valence-electron chi connectivity index (χ0n) is 8.44. The summed E-state index contributed by atoms with van der Waals surface area (Å²) >= 11 is 1.41. The molecule has 0 N–H and O–H groups in total. The summed E-state index contributed by atoms with van der Waals surface area (Å²) in [6.07, 6.45) is 3.10. The minimum absolute atomic E-state index is 0.366. The molecule has 0 atom stereocenters. The zero-order valence-corrected chi connectivity index (χ0v) is 9.26. The van der Waals surface area contributed by atoms with Crippen LogP contribution in [0.5, 0.6) is 0 Å². The predicted octanol–water partition coefficient (Wildman–Crippen LogP) is 1.17. The van der Waals surface area contributed by atoms with Crippen LogP contribution in [0, 0.1) is 5.82 Å². The Kier molecular flexibility index (Phi) is 3.37. The van der Waals surface area contributed by atoms with E-state index in [1.165, 1.54) is 18.0 Å². The summed E-state index contributed by atoms with van der Waals surface area (Å²) in [5, 5.41) is 0.595. The van der Waals surface area contributed by atoms with Crippen molar-refractivity contribution in [3.63, 3.8) is 0 Å². The van der Waals surface area contributed by atoms with Crippen LogP contribution in [0.15, 0.2) is 11.4 Å². The highest BCUT2D eigenvalue weighted by molar-refractivity contribution is 7.98. The molecule has 0 bridgehead atoms. The van der Waals surface area contributed by atoms with Crippen molar-refractivity contribution in [1.29, 1.82) is 0 Å². The Morgan fingerprint density at radius 2 is 2.20 bits per heavy atom. The number of hydrogen-bond donors (Lipinski definition) is 0. The number of halogens is 1. The maximum atomic E-state index is 13.5. The van der Waals surface area contributed by atoms with Gasteiger partial charge in [-0.1, -0.05) is 11.8 Å². The van der Waals surface area contributed by atoms with Crippen LogP contribution < -0.4 is 4.90 Å². The van der Waals surface area contributed by atoms with Crippen LogP contribution in [0.3, 0.4) is 0 Å². The van der Waals surface area contributed by atoms with Gasteiger partial charge in [-0.25, -0.2) is 14.4 Å². The monoisotopic (exact) mass is 229 g/mol. The molecule has 4 nitrogen and oxygen atoms in total. The lowest BCUT2D eigenvalue weighted by Gasteiger charge is -2.27. The Labute approximate surface area is 91.9 Å². The molecule has 6 heteroatoms. The van der Waals surface area contributed by atoms with Crippen LogP contribution in [0.25, 0.3) is 0 Å². The third kappa shape index (κ3) is 2.38. The summed E-state index contributed by atoms with van der Waals surface area (Å²) in [5.41, 5.74) is 0. The maximum Gasteiger partial charge on any atom is 0.189 e. The highest BCUT2D eigenvalue weighted by Gasteiger charge is 2.17. The first-order valence-electron chi connectivity index (χ1n) is 4.70. The number of rotatable bonds is 2. The van der Waals surface area contributed by atoms with E-state index in [1.807, 2.05) is 11.2 Å². The van der Waals surface area contributed by atoms with Crippen LogP contribution >= 0.6 is 11.8 Å². The van der Waals surface area contributed by atoms with Crippen molar-refractivity contribution >= 4 is 17.6 Å². The summed E-state index contributed by atoms with van der Waals surface area (Å²) in [6.45, 7) is 2.61. The van der Waals surface area contributed by atoms with Gasteiger partial charge >= 0.3 is 0 Å². The van der Waals surface area contributed by atoms with E-state index in [0.29, 0.717) is 37.3 Å². The molecule has 2 rings (SSSR count). The number of ether oxygens (including phenoxy) is 1. The van der Waals surface area contributed by atoms with Crippen LogP contribution in [0.4, 0.5) is 10.2 Å². The molecule has 0 unspecified atom stereocenters. The fourth-order valence-corrected chi connectivity index (χ4v) is 1.77. The second-order valence-corrected chi connectivity index (χ2v) is 3.90. The molecule has 1 aliphatic heterocycles. The number of hydrogen-bond acceptors (Lipinski definition) is 5. The average Bonchev–Trinajstić information content (AvgIpc) is 2.31. The fraction of sp³-hybridized carbons (Fsp3) is 0.556. The largest absolute Gasteiger partial charge is 0.378 e. The number of aromatic nitrogens is 2. The highest BCUT2D eigenvalue weighted by Crippen LogP contribution is 2.19. The van der Waals surface area contributed by atoms with Gasteiger partial charge in [-0.2, -0.15) is 0 Å². The zero-order chi connectivity index (χ0) is 10.7. The lowest BCUT2D eigenvalue weighted by molar-refractivity contribution is 0.122. The van der Waals surface area contributed by atoms with Gasteiger partial charge in [-0.15, -0.1) is 0 Å². The smallest absolute Gasteiger partial charge is 0.189 e. The minimum Gasteiger partial charge on any atom is -0.378 e. The van der Waals surface area contributed by atoms with Crippen molar-refractivity contribution in [2.75, 3.05) is 37.5 Å². The third-order valence-corrected chi connectivity index (χ3v) is 2.76. The lowest BCUT2D eigenvalue weighted by Crippen LogP contribution is -2.37. The molecule has 0 aliphatic carbocycles. The Morgan fingerprint density at radius 1 is 1.47 bits per heavy atom. The first-order chi connectivity index (χ1) is 7.31. The SMILES string of the molecule is CSc1ncc(F)c(N2CCOCC2)n1. The number of morpholine rings is 1. The normalized spacial score (nSPS) is 16.8. The summed E-state index contributed by atoms with van der Waals surface area (Å²) in [6, 6.07) is 0. The van der Waals surface area contributed by atoms with Crippen molar-refractivity contribution in [2.24, 2.45) is 0 Å². The van der Waals surface area contributed by atoms with Crippen LogP contribution in [-0.2, 0) is 4.74 Å². The van der Waals surface area contributed by atoms with Gasteiger partial charge in [0.1, 0.15) is 0 Å². The van der Waals surface area contributed by atoms with E-state index in [0.717, 1.165) is 0 Å². The first kappa shape index (κ1) is 10.6. The van der Waals surface area contributed by atoms with Crippen molar-refractivity contribution in [2.45, 2.75) is 5.16 Å². The highest BCUT2D eigenvalue weighted by atomic mass is 32.2. The number of nitrogens with zero attached hydrogens (tertiary/aromatic N) is 3. The van der Waals surface area contributed by atoms with Gasteiger partial charge in [0.05, 0.1) is 19.4 Å². The van der Waals surface area contributed by atoms with E-state index in [9.17, 15) is 4.39 Å². The van der Waals surface area contributed by atoms with Gasteiger partial charge in [0, 0.05) is 13.1 Å². The summed E-state index contributed by atoms with van der Waals surface area (Å²) in [4.78, 5) is 9.92. The molecular weight excluding hydrogens is 217 g/mol. The van der Waals surface area contributed by atoms with Crippen molar-refractivity contribution in [3.05, 3.63) is 12.0 Å². The average molecular weight is 229 g/mol. The molecule has 0 radical (unpaired) electrons. The Hall–Kier alpha value is -0.880. The van der Waals surface area contributed by atoms with Gasteiger partial charge in [0.25, 0.3) is 0 Å². The van der Waals surface area contributed by atoms with E-state index >= 15 is 0 Å². The van der Waals surface area contributed by atoms with Gasteiger partial charge in [-0.3, -0.25) is 0 Å². The van der Waals surface area contributed by atoms with E-state index < -0.39 is 0 Å². The second-order valence-electron chi connectivity index (χ2n) is 3.13. The summed E-state index contributed by atoms with van der Waals surface area (Å²) < 4.78 is 18.7. The van der Waals surface area contributed by atoms with E-state index in [-0.39, 0.29) is 5.82 Å². The molecule has 1 aromatic heterocycles. The molecule has 15 heavy (non-hydrogen) atoms. The third-order valence-electron chi connectivity index (χ3n) is 2.20. The number of thioether (sulfide) groups is 1. The molecule has 1 fully saturated rings. The van der Waals surface area contributed by atoms with E-state index in [2.05, 4.69) is 9.97 Å². The second kappa shape index (κ2) is 4.76. The molecule has 0 aromatic carbocycles. The van der Waals surface area contributed by atoms with E-state index in [1.54, 1.807) is 0 Å². The van der Waals surface area contributed by atoms with Gasteiger partial charge in [-0.05, 0) is 6.26 Å². The first-order valence-corrected chi connectivity index (χ1v) is 5.93. The van der Waals surface area contributed by atoms with Gasteiger partial charge < -0.3 is 9.64 Å².